The zero-order chi connectivity index (χ0) is 20.1. The van der Waals surface area contributed by atoms with E-state index in [0.717, 1.165) is 44.4 Å². The van der Waals surface area contributed by atoms with E-state index in [1.165, 1.54) is 32.8 Å². The smallest absolute Gasteiger partial charge is 0.305 e. The Morgan fingerprint density at radius 2 is 1.82 bits per heavy atom. The van der Waals surface area contributed by atoms with Crippen LogP contribution in [0.5, 0.6) is 0 Å². The SMILES string of the molecule is COC(=O)CCCC1CC[C@H]2[C@@H]3CC[C@@H]4C[C@H](O)CC[C@]4(C)[C@H]3C[C@H](O)[C@]12C. The van der Waals surface area contributed by atoms with Gasteiger partial charge in [-0.15, -0.1) is 0 Å². The van der Waals surface area contributed by atoms with E-state index in [2.05, 4.69) is 13.8 Å². The first-order chi connectivity index (χ1) is 13.3. The highest BCUT2D eigenvalue weighted by Crippen LogP contribution is 2.67. The molecule has 0 bridgehead atoms. The highest BCUT2D eigenvalue weighted by atomic mass is 16.5. The number of rotatable bonds is 4. The van der Waals surface area contributed by atoms with Gasteiger partial charge in [0.05, 0.1) is 19.3 Å². The molecule has 4 aliphatic rings. The number of hydrogen-bond donors (Lipinski definition) is 2. The molecular weight excluding hydrogens is 352 g/mol. The van der Waals surface area contributed by atoms with Gasteiger partial charge in [0.2, 0.25) is 0 Å². The summed E-state index contributed by atoms with van der Waals surface area (Å²) >= 11 is 0. The lowest BCUT2D eigenvalue weighted by atomic mass is 9.44. The number of methoxy groups -OCH3 is 1. The van der Waals surface area contributed by atoms with Crippen LogP contribution >= 0.6 is 0 Å². The van der Waals surface area contributed by atoms with Gasteiger partial charge < -0.3 is 14.9 Å². The van der Waals surface area contributed by atoms with Crippen LogP contribution in [0.1, 0.15) is 84.5 Å². The van der Waals surface area contributed by atoms with E-state index in [0.29, 0.717) is 35.5 Å². The van der Waals surface area contributed by atoms with Crippen LogP contribution in [-0.2, 0) is 9.53 Å². The molecule has 4 heteroatoms. The van der Waals surface area contributed by atoms with Crippen molar-refractivity contribution in [3.63, 3.8) is 0 Å². The fourth-order valence-electron chi connectivity index (χ4n) is 8.39. The van der Waals surface area contributed by atoms with E-state index in [1.807, 2.05) is 0 Å². The second-order valence-electron chi connectivity index (χ2n) is 10.9. The molecule has 4 rings (SSSR count). The molecule has 0 amide bonds. The molecule has 28 heavy (non-hydrogen) atoms. The zero-order valence-corrected chi connectivity index (χ0v) is 18.0. The van der Waals surface area contributed by atoms with Crippen molar-refractivity contribution in [1.29, 1.82) is 0 Å². The van der Waals surface area contributed by atoms with E-state index < -0.39 is 0 Å². The third-order valence-corrected chi connectivity index (χ3v) is 10.1. The van der Waals surface area contributed by atoms with Gasteiger partial charge in [0.25, 0.3) is 0 Å². The Labute approximate surface area is 170 Å². The molecule has 1 unspecified atom stereocenters. The highest BCUT2D eigenvalue weighted by Gasteiger charge is 2.62. The maximum atomic E-state index is 11.5. The van der Waals surface area contributed by atoms with Gasteiger partial charge >= 0.3 is 5.97 Å². The molecule has 0 aliphatic heterocycles. The van der Waals surface area contributed by atoms with Crippen molar-refractivity contribution < 1.29 is 19.7 Å². The summed E-state index contributed by atoms with van der Waals surface area (Å²) in [5.74, 6) is 3.00. The average molecular weight is 393 g/mol. The van der Waals surface area contributed by atoms with Crippen LogP contribution in [0.15, 0.2) is 0 Å². The minimum absolute atomic E-state index is 0.00859. The van der Waals surface area contributed by atoms with Crippen molar-refractivity contribution in [2.75, 3.05) is 7.11 Å². The summed E-state index contributed by atoms with van der Waals surface area (Å²) in [6.07, 6.45) is 11.0. The number of esters is 1. The summed E-state index contributed by atoms with van der Waals surface area (Å²) in [6.45, 7) is 4.83. The Morgan fingerprint density at radius 3 is 2.57 bits per heavy atom. The van der Waals surface area contributed by atoms with E-state index in [9.17, 15) is 15.0 Å². The normalized spacial score (nSPS) is 50.4. The van der Waals surface area contributed by atoms with Gasteiger partial charge in [0.15, 0.2) is 0 Å². The summed E-state index contributed by atoms with van der Waals surface area (Å²) in [4.78, 5) is 11.5. The lowest BCUT2D eigenvalue weighted by Gasteiger charge is -2.62. The van der Waals surface area contributed by atoms with Crippen LogP contribution in [0.25, 0.3) is 0 Å². The lowest BCUT2D eigenvalue weighted by Crippen LogP contribution is -2.58. The van der Waals surface area contributed by atoms with Gasteiger partial charge in [-0.2, -0.15) is 0 Å². The second-order valence-corrected chi connectivity index (χ2v) is 10.9. The summed E-state index contributed by atoms with van der Waals surface area (Å²) < 4.78 is 4.80. The molecule has 4 saturated carbocycles. The van der Waals surface area contributed by atoms with Crippen molar-refractivity contribution in [2.45, 2.75) is 96.7 Å². The van der Waals surface area contributed by atoms with Gasteiger partial charge in [-0.1, -0.05) is 13.8 Å². The predicted octanol–water partition coefficient (Wildman–Crippen LogP) is 4.32. The van der Waals surface area contributed by atoms with Crippen LogP contribution in [0.4, 0.5) is 0 Å². The van der Waals surface area contributed by atoms with Crippen LogP contribution in [0.3, 0.4) is 0 Å². The van der Waals surface area contributed by atoms with Crippen molar-refractivity contribution >= 4 is 5.97 Å². The predicted molar refractivity (Wildman–Crippen MR) is 108 cm³/mol. The van der Waals surface area contributed by atoms with Gasteiger partial charge in [-0.05, 0) is 105 Å². The number of carbonyl (C=O) groups is 1. The van der Waals surface area contributed by atoms with Crippen molar-refractivity contribution in [3.05, 3.63) is 0 Å². The Balaban J connectivity index is 1.50. The van der Waals surface area contributed by atoms with Crippen LogP contribution in [0, 0.1) is 40.4 Å². The fraction of sp³-hybridized carbons (Fsp3) is 0.958. The minimum atomic E-state index is -0.230. The molecule has 0 aromatic carbocycles. The molecule has 0 spiro atoms. The molecular formula is C24H40O4. The van der Waals surface area contributed by atoms with Crippen molar-refractivity contribution in [2.24, 2.45) is 40.4 Å². The summed E-state index contributed by atoms with van der Waals surface area (Å²) in [7, 11) is 1.46. The molecule has 2 N–H and O–H groups in total. The number of aliphatic hydroxyl groups is 2. The van der Waals surface area contributed by atoms with Crippen LogP contribution in [0.2, 0.25) is 0 Å². The first-order valence-corrected chi connectivity index (χ1v) is 11.7. The average Bonchev–Trinajstić information content (AvgIpc) is 3.01. The summed E-state index contributed by atoms with van der Waals surface area (Å²) in [5, 5.41) is 21.6. The number of ether oxygens (including phenoxy) is 1. The van der Waals surface area contributed by atoms with Gasteiger partial charge in [-0.3, -0.25) is 4.79 Å². The monoisotopic (exact) mass is 392 g/mol. The van der Waals surface area contributed by atoms with Crippen LogP contribution in [-0.4, -0.2) is 35.5 Å². The van der Waals surface area contributed by atoms with Crippen LogP contribution < -0.4 is 0 Å². The lowest BCUT2D eigenvalue weighted by molar-refractivity contribution is -0.171. The molecule has 0 aromatic heterocycles. The molecule has 0 saturated heterocycles. The van der Waals surface area contributed by atoms with Crippen molar-refractivity contribution in [3.8, 4) is 0 Å². The summed E-state index contributed by atoms with van der Waals surface area (Å²) in [5.41, 5.74) is 0.308. The zero-order valence-electron chi connectivity index (χ0n) is 18.0. The van der Waals surface area contributed by atoms with Crippen molar-refractivity contribution in [1.82, 2.24) is 0 Å². The number of hydrogen-bond acceptors (Lipinski definition) is 4. The topological polar surface area (TPSA) is 66.8 Å². The summed E-state index contributed by atoms with van der Waals surface area (Å²) in [6, 6.07) is 0. The maximum Gasteiger partial charge on any atom is 0.305 e. The first kappa shape index (κ1) is 20.7. The van der Waals surface area contributed by atoms with E-state index in [-0.39, 0.29) is 23.6 Å². The molecule has 0 aromatic rings. The van der Waals surface area contributed by atoms with Gasteiger partial charge in [-0.25, -0.2) is 0 Å². The largest absolute Gasteiger partial charge is 0.469 e. The standard InChI is InChI=1S/C24H40O4/c1-23-12-11-17(25)13-16(23)7-9-18-19-10-8-15(5-4-6-22(27)28-3)24(19,2)21(26)14-20(18)23/h15-21,25-26H,4-14H2,1-3H3/t15?,16-,17-,18+,19+,20+,21+,23+,24-/m1/s1. The molecule has 0 heterocycles. The molecule has 160 valence electrons. The van der Waals surface area contributed by atoms with E-state index in [1.54, 1.807) is 0 Å². The third kappa shape index (κ3) is 3.14. The van der Waals surface area contributed by atoms with E-state index in [4.69, 9.17) is 4.74 Å². The Hall–Kier alpha value is -0.610. The Bertz CT molecular complexity index is 591. The number of carbonyl (C=O) groups excluding carboxylic acids is 1. The van der Waals surface area contributed by atoms with E-state index >= 15 is 0 Å². The third-order valence-electron chi connectivity index (χ3n) is 10.1. The second kappa shape index (κ2) is 7.58. The highest BCUT2D eigenvalue weighted by molar-refractivity contribution is 5.68. The quantitative estimate of drug-likeness (QED) is 0.699. The minimum Gasteiger partial charge on any atom is -0.469 e. The van der Waals surface area contributed by atoms with Gasteiger partial charge in [0.1, 0.15) is 0 Å². The fourth-order valence-corrected chi connectivity index (χ4v) is 8.39. The molecule has 4 aliphatic carbocycles. The number of fused-ring (bicyclic) bond motifs is 5. The Kier molecular flexibility index (Phi) is 5.59. The molecule has 0 radical (unpaired) electrons. The molecule has 4 nitrogen and oxygen atoms in total. The Morgan fingerprint density at radius 1 is 1.04 bits per heavy atom. The molecule has 4 fully saturated rings. The maximum absolute atomic E-state index is 11.5. The van der Waals surface area contributed by atoms with Gasteiger partial charge in [0, 0.05) is 6.42 Å². The first-order valence-electron chi connectivity index (χ1n) is 11.7. The number of aliphatic hydroxyl groups excluding tert-OH is 2. The molecule has 9 atom stereocenters.